The first-order valence-corrected chi connectivity index (χ1v) is 7.97. The van der Waals surface area contributed by atoms with Crippen molar-refractivity contribution in [3.05, 3.63) is 28.2 Å². The Hall–Kier alpha value is -1.50. The number of aliphatic hydroxyl groups excluding tert-OH is 1. The quantitative estimate of drug-likeness (QED) is 0.638. The number of halogens is 1. The molecule has 2 aromatic rings. The summed E-state index contributed by atoms with van der Waals surface area (Å²) in [6, 6.07) is 4.19. The molecule has 0 saturated carbocycles. The van der Waals surface area contributed by atoms with E-state index in [9.17, 15) is 9.90 Å². The molecule has 1 aromatic carbocycles. The van der Waals surface area contributed by atoms with Crippen LogP contribution in [0, 0.1) is 0 Å². The summed E-state index contributed by atoms with van der Waals surface area (Å²) in [4.78, 5) is 17.1. The maximum Gasteiger partial charge on any atom is 0.323 e. The van der Waals surface area contributed by atoms with Gasteiger partial charge in [-0.25, -0.2) is 4.79 Å². The van der Waals surface area contributed by atoms with Crippen molar-refractivity contribution in [3.63, 3.8) is 0 Å². The van der Waals surface area contributed by atoms with Gasteiger partial charge in [0, 0.05) is 12.6 Å². The average Bonchev–Trinajstić information content (AvgIpc) is 2.81. The van der Waals surface area contributed by atoms with Gasteiger partial charge in [-0.2, -0.15) is 0 Å². The first-order chi connectivity index (χ1) is 10.7. The molecule has 6 nitrogen and oxygen atoms in total. The largest absolute Gasteiger partial charge is 0.489 e. The number of H-pyrrole nitrogens is 2. The van der Waals surface area contributed by atoms with Gasteiger partial charge in [0.2, 0.25) is 0 Å². The highest BCUT2D eigenvalue weighted by Gasteiger charge is 2.18. The van der Waals surface area contributed by atoms with Crippen LogP contribution in [0.3, 0.4) is 0 Å². The van der Waals surface area contributed by atoms with E-state index < -0.39 is 6.10 Å². The topological polar surface area (TPSA) is 90.1 Å². The van der Waals surface area contributed by atoms with Crippen molar-refractivity contribution in [3.8, 4) is 5.75 Å². The fraction of sp³-hybridized carbons (Fsp3) is 0.588. The molecular weight excluding hydrogens is 330 g/mol. The lowest BCUT2D eigenvalue weighted by molar-refractivity contribution is 0.105. The van der Waals surface area contributed by atoms with Crippen LogP contribution in [-0.4, -0.2) is 40.4 Å². The zero-order valence-corrected chi connectivity index (χ0v) is 15.7. The van der Waals surface area contributed by atoms with Crippen molar-refractivity contribution in [2.75, 3.05) is 13.2 Å². The van der Waals surface area contributed by atoms with E-state index in [1.54, 1.807) is 0 Å². The van der Waals surface area contributed by atoms with E-state index in [-0.39, 0.29) is 30.1 Å². The van der Waals surface area contributed by atoms with Gasteiger partial charge >= 0.3 is 5.69 Å². The molecule has 4 N–H and O–H groups in total. The second-order valence-corrected chi connectivity index (χ2v) is 7.25. The third kappa shape index (κ3) is 5.26. The van der Waals surface area contributed by atoms with Gasteiger partial charge < -0.3 is 25.1 Å². The number of aromatic nitrogens is 2. The summed E-state index contributed by atoms with van der Waals surface area (Å²) in [5.41, 5.74) is 2.07. The molecule has 0 bridgehead atoms. The maximum atomic E-state index is 11.6. The second-order valence-electron chi connectivity index (χ2n) is 7.25. The smallest absolute Gasteiger partial charge is 0.323 e. The Morgan fingerprint density at radius 2 is 1.92 bits per heavy atom. The zero-order chi connectivity index (χ0) is 17.2. The van der Waals surface area contributed by atoms with Gasteiger partial charge in [0.25, 0.3) is 0 Å². The molecule has 0 amide bonds. The van der Waals surface area contributed by atoms with E-state index >= 15 is 0 Å². The van der Waals surface area contributed by atoms with Crippen LogP contribution in [0.25, 0.3) is 11.0 Å². The van der Waals surface area contributed by atoms with Crippen LogP contribution in [0.5, 0.6) is 5.75 Å². The van der Waals surface area contributed by atoms with Crippen LogP contribution >= 0.6 is 12.4 Å². The molecule has 1 aromatic heterocycles. The van der Waals surface area contributed by atoms with E-state index in [4.69, 9.17) is 4.74 Å². The van der Waals surface area contributed by atoms with Crippen LogP contribution < -0.4 is 15.7 Å². The van der Waals surface area contributed by atoms with E-state index in [0.29, 0.717) is 29.4 Å². The average molecular weight is 358 g/mol. The number of fused-ring (bicyclic) bond motifs is 1. The standard InChI is InChI=1S/C17H27N3O3.ClH/c1-10(2)18-8-12(21)9-23-14-7-11(17(3,4)5)6-13-15(14)20-16(22)19-13;/h6-7,10,12,18,21H,8-9H2,1-5H3,(H2,19,20,22);1H. The molecule has 0 fully saturated rings. The van der Waals surface area contributed by atoms with Crippen molar-refractivity contribution in [1.82, 2.24) is 15.3 Å². The highest BCUT2D eigenvalue weighted by atomic mass is 35.5. The highest BCUT2D eigenvalue weighted by Crippen LogP contribution is 2.31. The van der Waals surface area contributed by atoms with Crippen LogP contribution in [0.4, 0.5) is 0 Å². The molecule has 7 heteroatoms. The zero-order valence-electron chi connectivity index (χ0n) is 14.9. The van der Waals surface area contributed by atoms with Gasteiger partial charge in [-0.05, 0) is 23.1 Å². The molecule has 0 aliphatic rings. The third-order valence-electron chi connectivity index (χ3n) is 3.65. The SMILES string of the molecule is CC(C)NCC(O)COc1cc(C(C)(C)C)cc2[nH]c(=O)[nH]c12.Cl. The molecule has 1 heterocycles. The Balaban J connectivity index is 0.00000288. The molecule has 0 spiro atoms. The van der Waals surface area contributed by atoms with Gasteiger partial charge in [0.05, 0.1) is 5.52 Å². The summed E-state index contributed by atoms with van der Waals surface area (Å²) in [5, 5.41) is 13.2. The highest BCUT2D eigenvalue weighted by molar-refractivity contribution is 5.85. The Labute approximate surface area is 148 Å². The number of benzene rings is 1. The lowest BCUT2D eigenvalue weighted by Gasteiger charge is -2.21. The maximum absolute atomic E-state index is 11.6. The Morgan fingerprint density at radius 1 is 1.25 bits per heavy atom. The predicted octanol–water partition coefficient (Wildman–Crippen LogP) is 2.31. The van der Waals surface area contributed by atoms with E-state index in [0.717, 1.165) is 5.56 Å². The van der Waals surface area contributed by atoms with Crippen molar-refractivity contribution >= 4 is 23.4 Å². The van der Waals surface area contributed by atoms with Crippen molar-refractivity contribution < 1.29 is 9.84 Å². The molecule has 24 heavy (non-hydrogen) atoms. The van der Waals surface area contributed by atoms with Crippen LogP contribution in [0.15, 0.2) is 16.9 Å². The summed E-state index contributed by atoms with van der Waals surface area (Å²) >= 11 is 0. The minimum Gasteiger partial charge on any atom is -0.489 e. The molecule has 0 aliphatic carbocycles. The molecule has 1 atom stereocenters. The normalized spacial score (nSPS) is 13.1. The Morgan fingerprint density at radius 3 is 2.50 bits per heavy atom. The number of ether oxygens (including phenoxy) is 1. The summed E-state index contributed by atoms with van der Waals surface area (Å²) in [6.07, 6.45) is -0.614. The molecule has 0 saturated heterocycles. The first-order valence-electron chi connectivity index (χ1n) is 7.97. The minimum atomic E-state index is -0.614. The number of rotatable bonds is 6. The minimum absolute atomic E-state index is 0. The summed E-state index contributed by atoms with van der Waals surface area (Å²) in [5.74, 6) is 0.578. The molecule has 0 radical (unpaired) electrons. The number of aromatic amines is 2. The predicted molar refractivity (Wildman–Crippen MR) is 99.5 cm³/mol. The first kappa shape index (κ1) is 20.5. The summed E-state index contributed by atoms with van der Waals surface area (Å²) in [6.45, 7) is 11.0. The lowest BCUT2D eigenvalue weighted by Crippen LogP contribution is -2.35. The Kier molecular flexibility index (Phi) is 6.89. The van der Waals surface area contributed by atoms with Gasteiger partial charge in [-0.1, -0.05) is 34.6 Å². The van der Waals surface area contributed by atoms with Gasteiger partial charge in [-0.15, -0.1) is 12.4 Å². The van der Waals surface area contributed by atoms with Crippen LogP contribution in [0.2, 0.25) is 0 Å². The number of imidazole rings is 1. The van der Waals surface area contributed by atoms with Crippen molar-refractivity contribution in [2.24, 2.45) is 0 Å². The van der Waals surface area contributed by atoms with Crippen LogP contribution in [0.1, 0.15) is 40.2 Å². The Bertz CT molecular complexity index is 716. The van der Waals surface area contributed by atoms with E-state index in [1.807, 2.05) is 26.0 Å². The summed E-state index contributed by atoms with van der Waals surface area (Å²) in [7, 11) is 0. The molecular formula is C17H28ClN3O3. The molecule has 0 aliphatic heterocycles. The van der Waals surface area contributed by atoms with Gasteiger partial charge in [0.1, 0.15) is 24.0 Å². The van der Waals surface area contributed by atoms with Gasteiger partial charge in [-0.3, -0.25) is 0 Å². The van der Waals surface area contributed by atoms with E-state index in [2.05, 4.69) is 36.1 Å². The van der Waals surface area contributed by atoms with Gasteiger partial charge in [0.15, 0.2) is 0 Å². The number of nitrogens with one attached hydrogen (secondary N) is 3. The molecule has 1 unspecified atom stereocenters. The fourth-order valence-electron chi connectivity index (χ4n) is 2.27. The molecule has 136 valence electrons. The number of aliphatic hydroxyl groups is 1. The number of hydrogen-bond donors (Lipinski definition) is 4. The molecule has 2 rings (SSSR count). The summed E-state index contributed by atoms with van der Waals surface area (Å²) < 4.78 is 5.78. The van der Waals surface area contributed by atoms with Crippen molar-refractivity contribution in [1.29, 1.82) is 0 Å². The van der Waals surface area contributed by atoms with Crippen molar-refractivity contribution in [2.45, 2.75) is 52.2 Å². The van der Waals surface area contributed by atoms with Crippen LogP contribution in [-0.2, 0) is 5.41 Å². The third-order valence-corrected chi connectivity index (χ3v) is 3.65. The lowest BCUT2D eigenvalue weighted by atomic mass is 9.86. The number of hydrogen-bond acceptors (Lipinski definition) is 4. The van der Waals surface area contributed by atoms with E-state index in [1.165, 1.54) is 0 Å². The second kappa shape index (κ2) is 8.05. The monoisotopic (exact) mass is 357 g/mol. The fourth-order valence-corrected chi connectivity index (χ4v) is 2.27.